The summed E-state index contributed by atoms with van der Waals surface area (Å²) in [4.78, 5) is 25.5. The summed E-state index contributed by atoms with van der Waals surface area (Å²) in [6.45, 7) is 0. The topological polar surface area (TPSA) is 57.6 Å². The number of carboxylic acids is 1. The first-order valence-corrected chi connectivity index (χ1v) is 7.04. The van der Waals surface area contributed by atoms with E-state index >= 15 is 0 Å². The number of carbonyl (C=O) groups is 2. The third-order valence-electron chi connectivity index (χ3n) is 4.49. The molecule has 1 N–H and O–H groups in total. The number of carbonyl (C=O) groups excluding carboxylic acids is 1. The molecule has 0 atom stereocenters. The molecule has 0 heterocycles. The second kappa shape index (κ2) is 5.29. The molecule has 0 aromatic carbocycles. The zero-order valence-electron chi connectivity index (χ0n) is 11.2. The van der Waals surface area contributed by atoms with Crippen LogP contribution in [0.2, 0.25) is 0 Å². The van der Waals surface area contributed by atoms with Gasteiger partial charge < -0.3 is 10.0 Å². The van der Waals surface area contributed by atoms with E-state index < -0.39 is 11.4 Å². The normalized spacial score (nSPS) is 23.2. The van der Waals surface area contributed by atoms with Crippen LogP contribution in [0.4, 0.5) is 0 Å². The lowest BCUT2D eigenvalue weighted by Gasteiger charge is -2.29. The summed E-state index contributed by atoms with van der Waals surface area (Å²) in [5.41, 5.74) is -0.795. The van der Waals surface area contributed by atoms with Gasteiger partial charge in [0, 0.05) is 19.5 Å². The lowest BCUT2D eigenvalue weighted by Crippen LogP contribution is -2.39. The molecule has 0 bridgehead atoms. The average Bonchev–Trinajstić information content (AvgIpc) is 3.15. The van der Waals surface area contributed by atoms with Crippen LogP contribution in [0.5, 0.6) is 0 Å². The highest BCUT2D eigenvalue weighted by Crippen LogP contribution is 2.39. The Morgan fingerprint density at radius 3 is 2.17 bits per heavy atom. The van der Waals surface area contributed by atoms with Gasteiger partial charge in [-0.15, -0.1) is 0 Å². The molecular weight excluding hydrogens is 230 g/mol. The molecular formula is C14H23NO3. The average molecular weight is 253 g/mol. The van der Waals surface area contributed by atoms with Gasteiger partial charge in [-0.2, -0.15) is 0 Å². The van der Waals surface area contributed by atoms with Gasteiger partial charge in [0.2, 0.25) is 5.91 Å². The molecule has 18 heavy (non-hydrogen) atoms. The summed E-state index contributed by atoms with van der Waals surface area (Å²) >= 11 is 0. The molecule has 102 valence electrons. The van der Waals surface area contributed by atoms with Crippen molar-refractivity contribution in [1.29, 1.82) is 0 Å². The van der Waals surface area contributed by atoms with Crippen molar-refractivity contribution in [1.82, 2.24) is 4.90 Å². The van der Waals surface area contributed by atoms with Crippen LogP contribution >= 0.6 is 0 Å². The van der Waals surface area contributed by atoms with Crippen molar-refractivity contribution in [2.45, 2.75) is 63.8 Å². The van der Waals surface area contributed by atoms with Gasteiger partial charge in [0.05, 0.1) is 5.41 Å². The molecule has 0 aliphatic heterocycles. The van der Waals surface area contributed by atoms with E-state index in [4.69, 9.17) is 0 Å². The molecule has 2 aliphatic carbocycles. The van der Waals surface area contributed by atoms with Crippen molar-refractivity contribution >= 4 is 11.9 Å². The van der Waals surface area contributed by atoms with Gasteiger partial charge >= 0.3 is 5.97 Å². The molecule has 0 saturated heterocycles. The first-order chi connectivity index (χ1) is 8.55. The minimum atomic E-state index is -0.795. The number of rotatable bonds is 4. The van der Waals surface area contributed by atoms with Crippen molar-refractivity contribution < 1.29 is 14.7 Å². The zero-order valence-corrected chi connectivity index (χ0v) is 11.2. The SMILES string of the molecule is CN(C(=O)CC1(C(=O)O)CCCCCC1)C1CC1. The minimum Gasteiger partial charge on any atom is -0.481 e. The number of amides is 1. The molecule has 2 fully saturated rings. The maximum absolute atomic E-state index is 12.2. The Balaban J connectivity index is 2.04. The Bertz CT molecular complexity index is 328. The van der Waals surface area contributed by atoms with Crippen molar-refractivity contribution in [3.8, 4) is 0 Å². The minimum absolute atomic E-state index is 0.0156. The fraction of sp³-hybridized carbons (Fsp3) is 0.857. The van der Waals surface area contributed by atoms with Crippen molar-refractivity contribution in [3.05, 3.63) is 0 Å². The predicted octanol–water partition coefficient (Wildman–Crippen LogP) is 2.42. The number of aliphatic carboxylic acids is 1. The van der Waals surface area contributed by atoms with E-state index in [1.165, 1.54) is 0 Å². The molecule has 0 unspecified atom stereocenters. The molecule has 0 radical (unpaired) electrons. The summed E-state index contributed by atoms with van der Waals surface area (Å²) in [5, 5.41) is 9.53. The van der Waals surface area contributed by atoms with Gasteiger partial charge in [0.15, 0.2) is 0 Å². The maximum atomic E-state index is 12.2. The fourth-order valence-corrected chi connectivity index (χ4v) is 2.95. The van der Waals surface area contributed by atoms with Gasteiger partial charge in [-0.05, 0) is 25.7 Å². The Labute approximate surface area is 108 Å². The van der Waals surface area contributed by atoms with Crippen molar-refractivity contribution in [2.24, 2.45) is 5.41 Å². The van der Waals surface area contributed by atoms with Gasteiger partial charge in [-0.1, -0.05) is 25.7 Å². The highest BCUT2D eigenvalue weighted by molar-refractivity contribution is 5.85. The fourth-order valence-electron chi connectivity index (χ4n) is 2.95. The molecule has 0 aromatic rings. The Hall–Kier alpha value is -1.06. The zero-order chi connectivity index (χ0) is 13.2. The van der Waals surface area contributed by atoms with Crippen LogP contribution in [0, 0.1) is 5.41 Å². The second-order valence-corrected chi connectivity index (χ2v) is 5.91. The maximum Gasteiger partial charge on any atom is 0.310 e. The standard InChI is InChI=1S/C14H23NO3/c1-15(11-6-7-11)12(16)10-14(13(17)18)8-4-2-3-5-9-14/h11H,2-10H2,1H3,(H,17,18). The number of carboxylic acid groups (broad SMARTS) is 1. The number of hydrogen-bond acceptors (Lipinski definition) is 2. The summed E-state index contributed by atoms with van der Waals surface area (Å²) in [6, 6.07) is 0.370. The summed E-state index contributed by atoms with van der Waals surface area (Å²) in [5.74, 6) is -0.760. The van der Waals surface area contributed by atoms with Crippen LogP contribution in [0.15, 0.2) is 0 Å². The largest absolute Gasteiger partial charge is 0.481 e. The van der Waals surface area contributed by atoms with Gasteiger partial charge in [-0.25, -0.2) is 0 Å². The summed E-state index contributed by atoms with van der Waals surface area (Å²) < 4.78 is 0. The van der Waals surface area contributed by atoms with Crippen LogP contribution < -0.4 is 0 Å². The van der Waals surface area contributed by atoms with E-state index in [0.717, 1.165) is 38.5 Å². The van der Waals surface area contributed by atoms with Crippen LogP contribution in [0.3, 0.4) is 0 Å². The van der Waals surface area contributed by atoms with Crippen LogP contribution in [0.1, 0.15) is 57.8 Å². The van der Waals surface area contributed by atoms with E-state index in [2.05, 4.69) is 0 Å². The van der Waals surface area contributed by atoms with Crippen LogP contribution in [0.25, 0.3) is 0 Å². The van der Waals surface area contributed by atoms with Gasteiger partial charge in [0.1, 0.15) is 0 Å². The number of nitrogens with zero attached hydrogens (tertiary/aromatic N) is 1. The lowest BCUT2D eigenvalue weighted by molar-refractivity contribution is -0.154. The van der Waals surface area contributed by atoms with Crippen molar-refractivity contribution in [2.75, 3.05) is 7.05 Å². The molecule has 4 heteroatoms. The lowest BCUT2D eigenvalue weighted by atomic mass is 9.77. The third-order valence-corrected chi connectivity index (χ3v) is 4.49. The Kier molecular flexibility index (Phi) is 3.93. The van der Waals surface area contributed by atoms with Gasteiger partial charge in [0.25, 0.3) is 0 Å². The molecule has 0 aromatic heterocycles. The van der Waals surface area contributed by atoms with E-state index in [-0.39, 0.29) is 12.3 Å². The van der Waals surface area contributed by atoms with Gasteiger partial charge in [-0.3, -0.25) is 9.59 Å². The first-order valence-electron chi connectivity index (χ1n) is 7.04. The van der Waals surface area contributed by atoms with E-state index in [1.54, 1.807) is 4.90 Å². The smallest absolute Gasteiger partial charge is 0.310 e. The number of hydrogen-bond donors (Lipinski definition) is 1. The highest BCUT2D eigenvalue weighted by atomic mass is 16.4. The first kappa shape index (κ1) is 13.4. The van der Waals surface area contributed by atoms with Crippen LogP contribution in [-0.4, -0.2) is 35.0 Å². The van der Waals surface area contributed by atoms with Crippen LogP contribution in [-0.2, 0) is 9.59 Å². The molecule has 0 spiro atoms. The quantitative estimate of drug-likeness (QED) is 0.783. The third kappa shape index (κ3) is 2.85. The van der Waals surface area contributed by atoms with E-state index in [0.29, 0.717) is 18.9 Å². The molecule has 1 amide bonds. The van der Waals surface area contributed by atoms with E-state index in [9.17, 15) is 14.7 Å². The molecule has 2 aliphatic rings. The highest BCUT2D eigenvalue weighted by Gasteiger charge is 2.42. The second-order valence-electron chi connectivity index (χ2n) is 5.91. The van der Waals surface area contributed by atoms with E-state index in [1.807, 2.05) is 7.05 Å². The molecule has 2 saturated carbocycles. The van der Waals surface area contributed by atoms with Crippen molar-refractivity contribution in [3.63, 3.8) is 0 Å². The summed E-state index contributed by atoms with van der Waals surface area (Å²) in [6.07, 6.45) is 7.72. The molecule has 2 rings (SSSR count). The Morgan fingerprint density at radius 1 is 1.17 bits per heavy atom. The molecule has 4 nitrogen and oxygen atoms in total. The monoisotopic (exact) mass is 253 g/mol. The summed E-state index contributed by atoms with van der Waals surface area (Å²) in [7, 11) is 1.81. The predicted molar refractivity (Wildman–Crippen MR) is 68.2 cm³/mol. The Morgan fingerprint density at radius 2 is 1.72 bits per heavy atom.